The SMILES string of the molecule is NCC1CCCN1Cc1cn2ccsc2n1. The molecular formula is C11H16N4S. The van der Waals surface area contributed by atoms with Crippen molar-refractivity contribution < 1.29 is 0 Å². The molecule has 1 aliphatic rings. The highest BCUT2D eigenvalue weighted by Gasteiger charge is 2.23. The molecule has 2 aromatic heterocycles. The highest BCUT2D eigenvalue weighted by atomic mass is 32.1. The van der Waals surface area contributed by atoms with Gasteiger partial charge in [0, 0.05) is 36.9 Å². The molecule has 0 radical (unpaired) electrons. The molecule has 2 N–H and O–H groups in total. The monoisotopic (exact) mass is 236 g/mol. The van der Waals surface area contributed by atoms with Crippen LogP contribution in [0.4, 0.5) is 0 Å². The molecule has 0 amide bonds. The van der Waals surface area contributed by atoms with Crippen LogP contribution in [-0.4, -0.2) is 33.4 Å². The van der Waals surface area contributed by atoms with Gasteiger partial charge < -0.3 is 5.73 Å². The Morgan fingerprint density at radius 1 is 1.56 bits per heavy atom. The minimum atomic E-state index is 0.555. The van der Waals surface area contributed by atoms with E-state index in [0.29, 0.717) is 6.04 Å². The van der Waals surface area contributed by atoms with Crippen molar-refractivity contribution >= 4 is 16.3 Å². The first-order chi connectivity index (χ1) is 7.86. The van der Waals surface area contributed by atoms with Crippen LogP contribution in [0.2, 0.25) is 0 Å². The quantitative estimate of drug-likeness (QED) is 0.874. The molecule has 0 aliphatic carbocycles. The fourth-order valence-electron chi connectivity index (χ4n) is 2.43. The van der Waals surface area contributed by atoms with E-state index in [-0.39, 0.29) is 0 Å². The number of aromatic nitrogens is 2. The predicted octanol–water partition coefficient (Wildman–Crippen LogP) is 1.32. The molecule has 4 nitrogen and oxygen atoms in total. The van der Waals surface area contributed by atoms with Crippen molar-refractivity contribution in [2.75, 3.05) is 13.1 Å². The van der Waals surface area contributed by atoms with Gasteiger partial charge in [0.1, 0.15) is 0 Å². The Kier molecular flexibility index (Phi) is 2.67. The molecule has 1 aliphatic heterocycles. The molecule has 5 heteroatoms. The summed E-state index contributed by atoms with van der Waals surface area (Å²) >= 11 is 1.68. The summed E-state index contributed by atoms with van der Waals surface area (Å²) in [5.41, 5.74) is 6.93. The number of nitrogens with two attached hydrogens (primary N) is 1. The van der Waals surface area contributed by atoms with Gasteiger partial charge in [-0.15, -0.1) is 11.3 Å². The molecule has 1 fully saturated rings. The number of likely N-dealkylation sites (tertiary alicyclic amines) is 1. The Hall–Kier alpha value is -0.910. The van der Waals surface area contributed by atoms with E-state index < -0.39 is 0 Å². The molecular weight excluding hydrogens is 220 g/mol. The maximum Gasteiger partial charge on any atom is 0.193 e. The van der Waals surface area contributed by atoms with E-state index in [2.05, 4.69) is 32.1 Å². The van der Waals surface area contributed by atoms with E-state index in [1.54, 1.807) is 11.3 Å². The zero-order chi connectivity index (χ0) is 11.0. The number of nitrogens with zero attached hydrogens (tertiary/aromatic N) is 3. The van der Waals surface area contributed by atoms with Gasteiger partial charge in [-0.3, -0.25) is 9.30 Å². The number of hydrogen-bond donors (Lipinski definition) is 1. The number of rotatable bonds is 3. The molecule has 1 saturated heterocycles. The summed E-state index contributed by atoms with van der Waals surface area (Å²) in [6.45, 7) is 2.87. The Morgan fingerprint density at radius 3 is 3.31 bits per heavy atom. The van der Waals surface area contributed by atoms with Crippen LogP contribution in [-0.2, 0) is 6.54 Å². The van der Waals surface area contributed by atoms with Crippen LogP contribution in [0.25, 0.3) is 4.96 Å². The second-order valence-electron chi connectivity index (χ2n) is 4.33. The third-order valence-electron chi connectivity index (χ3n) is 3.28. The summed E-state index contributed by atoms with van der Waals surface area (Å²) in [6.07, 6.45) is 6.68. The second-order valence-corrected chi connectivity index (χ2v) is 5.20. The molecule has 0 saturated carbocycles. The molecule has 16 heavy (non-hydrogen) atoms. The van der Waals surface area contributed by atoms with Crippen molar-refractivity contribution in [1.82, 2.24) is 14.3 Å². The molecule has 3 heterocycles. The Bertz CT molecular complexity index is 446. The number of thiazole rings is 1. The van der Waals surface area contributed by atoms with Gasteiger partial charge in [-0.25, -0.2) is 4.98 Å². The molecule has 0 bridgehead atoms. The summed E-state index contributed by atoms with van der Waals surface area (Å²) in [5, 5.41) is 2.06. The standard InChI is InChI=1S/C11H16N4S/c12-6-10-2-1-3-14(10)7-9-8-15-4-5-16-11(15)13-9/h4-5,8,10H,1-3,6-7,12H2. The van der Waals surface area contributed by atoms with Crippen molar-refractivity contribution in [3.05, 3.63) is 23.5 Å². The average Bonchev–Trinajstić information content (AvgIpc) is 2.92. The lowest BCUT2D eigenvalue weighted by Crippen LogP contribution is -2.34. The Balaban J connectivity index is 1.76. The van der Waals surface area contributed by atoms with E-state index in [1.165, 1.54) is 12.8 Å². The molecule has 86 valence electrons. The van der Waals surface area contributed by atoms with Gasteiger partial charge in [-0.1, -0.05) is 0 Å². The minimum absolute atomic E-state index is 0.555. The molecule has 1 atom stereocenters. The lowest BCUT2D eigenvalue weighted by molar-refractivity contribution is 0.248. The van der Waals surface area contributed by atoms with Gasteiger partial charge in [0.25, 0.3) is 0 Å². The molecule has 3 rings (SSSR count). The van der Waals surface area contributed by atoms with Gasteiger partial charge in [0.2, 0.25) is 0 Å². The first-order valence-corrected chi connectivity index (χ1v) is 6.60. The van der Waals surface area contributed by atoms with E-state index >= 15 is 0 Å². The van der Waals surface area contributed by atoms with E-state index in [9.17, 15) is 0 Å². The van der Waals surface area contributed by atoms with E-state index in [0.717, 1.165) is 30.3 Å². The van der Waals surface area contributed by atoms with Crippen molar-refractivity contribution in [3.63, 3.8) is 0 Å². The fraction of sp³-hybridized carbons (Fsp3) is 0.545. The van der Waals surface area contributed by atoms with Crippen molar-refractivity contribution in [2.45, 2.75) is 25.4 Å². The summed E-state index contributed by atoms with van der Waals surface area (Å²) in [6, 6.07) is 0.555. The average molecular weight is 236 g/mol. The molecule has 2 aromatic rings. The first kappa shape index (κ1) is 10.3. The molecule has 0 aromatic carbocycles. The zero-order valence-corrected chi connectivity index (χ0v) is 9.99. The van der Waals surface area contributed by atoms with Gasteiger partial charge in [0.05, 0.1) is 5.69 Å². The van der Waals surface area contributed by atoms with Crippen LogP contribution < -0.4 is 5.73 Å². The minimum Gasteiger partial charge on any atom is -0.329 e. The van der Waals surface area contributed by atoms with Crippen LogP contribution in [0.5, 0.6) is 0 Å². The largest absolute Gasteiger partial charge is 0.329 e. The summed E-state index contributed by atoms with van der Waals surface area (Å²) < 4.78 is 2.09. The Morgan fingerprint density at radius 2 is 2.50 bits per heavy atom. The van der Waals surface area contributed by atoms with Crippen LogP contribution in [0.3, 0.4) is 0 Å². The van der Waals surface area contributed by atoms with Crippen LogP contribution >= 0.6 is 11.3 Å². The van der Waals surface area contributed by atoms with Crippen LogP contribution in [0, 0.1) is 0 Å². The lowest BCUT2D eigenvalue weighted by atomic mass is 10.2. The normalized spacial score (nSPS) is 22.2. The van der Waals surface area contributed by atoms with Crippen molar-refractivity contribution in [1.29, 1.82) is 0 Å². The van der Waals surface area contributed by atoms with Gasteiger partial charge in [-0.05, 0) is 19.4 Å². The van der Waals surface area contributed by atoms with Crippen molar-refractivity contribution in [3.8, 4) is 0 Å². The summed E-state index contributed by atoms with van der Waals surface area (Å²) in [7, 11) is 0. The smallest absolute Gasteiger partial charge is 0.193 e. The van der Waals surface area contributed by atoms with E-state index in [1.807, 2.05) is 0 Å². The van der Waals surface area contributed by atoms with Gasteiger partial charge >= 0.3 is 0 Å². The highest BCUT2D eigenvalue weighted by Crippen LogP contribution is 2.20. The number of hydrogen-bond acceptors (Lipinski definition) is 4. The fourth-order valence-corrected chi connectivity index (χ4v) is 3.15. The van der Waals surface area contributed by atoms with Crippen LogP contribution in [0.15, 0.2) is 17.8 Å². The summed E-state index contributed by atoms with van der Waals surface area (Å²) in [5.74, 6) is 0. The second kappa shape index (κ2) is 4.16. The maximum atomic E-state index is 5.77. The predicted molar refractivity (Wildman–Crippen MR) is 65.6 cm³/mol. The third-order valence-corrected chi connectivity index (χ3v) is 4.05. The summed E-state index contributed by atoms with van der Waals surface area (Å²) in [4.78, 5) is 8.14. The number of imidazole rings is 1. The topological polar surface area (TPSA) is 46.6 Å². The maximum absolute atomic E-state index is 5.77. The molecule has 0 spiro atoms. The Labute approximate surface area is 98.7 Å². The van der Waals surface area contributed by atoms with Gasteiger partial charge in [-0.2, -0.15) is 0 Å². The number of fused-ring (bicyclic) bond motifs is 1. The third kappa shape index (κ3) is 1.75. The highest BCUT2D eigenvalue weighted by molar-refractivity contribution is 7.15. The zero-order valence-electron chi connectivity index (χ0n) is 9.17. The molecule has 1 unspecified atom stereocenters. The van der Waals surface area contributed by atoms with E-state index in [4.69, 9.17) is 5.73 Å². The lowest BCUT2D eigenvalue weighted by Gasteiger charge is -2.21. The first-order valence-electron chi connectivity index (χ1n) is 5.72. The van der Waals surface area contributed by atoms with Gasteiger partial charge in [0.15, 0.2) is 4.96 Å². The van der Waals surface area contributed by atoms with Crippen LogP contribution in [0.1, 0.15) is 18.5 Å². The van der Waals surface area contributed by atoms with Crippen molar-refractivity contribution in [2.24, 2.45) is 5.73 Å².